The lowest BCUT2D eigenvalue weighted by Crippen LogP contribution is -2.59. The van der Waals surface area contributed by atoms with Gasteiger partial charge >= 0.3 is 0 Å². The number of aromatic nitrogens is 2. The molecule has 7 nitrogen and oxygen atoms in total. The van der Waals surface area contributed by atoms with E-state index >= 15 is 0 Å². The van der Waals surface area contributed by atoms with E-state index in [1.54, 1.807) is 4.90 Å². The van der Waals surface area contributed by atoms with Crippen LogP contribution in [0.3, 0.4) is 0 Å². The monoisotopic (exact) mass is 388 g/mol. The van der Waals surface area contributed by atoms with E-state index in [0.717, 1.165) is 11.3 Å². The summed E-state index contributed by atoms with van der Waals surface area (Å²) < 4.78 is 26.3. The summed E-state index contributed by atoms with van der Waals surface area (Å²) in [5, 5.41) is 4.46. The van der Waals surface area contributed by atoms with Gasteiger partial charge in [0.2, 0.25) is 5.91 Å². The van der Waals surface area contributed by atoms with E-state index in [9.17, 15) is 13.2 Å². The molecule has 8 heteroatoms. The molecule has 2 fully saturated rings. The van der Waals surface area contributed by atoms with E-state index in [4.69, 9.17) is 0 Å². The number of piperazine rings is 1. The average molecular weight is 388 g/mol. The van der Waals surface area contributed by atoms with Gasteiger partial charge in [0.25, 0.3) is 0 Å². The molecule has 0 saturated carbocycles. The van der Waals surface area contributed by atoms with Crippen molar-refractivity contribution in [1.82, 2.24) is 19.6 Å². The zero-order valence-electron chi connectivity index (χ0n) is 15.6. The highest BCUT2D eigenvalue weighted by Crippen LogP contribution is 2.28. The molecule has 4 rings (SSSR count). The third-order valence-electron chi connectivity index (χ3n) is 5.48. The topological polar surface area (TPSA) is 75.5 Å². The number of sulfone groups is 1. The zero-order chi connectivity index (χ0) is 19.2. The number of carbonyl (C=O) groups is 1. The minimum Gasteiger partial charge on any atom is -0.336 e. The van der Waals surface area contributed by atoms with Crippen molar-refractivity contribution >= 4 is 15.7 Å². The molecule has 0 radical (unpaired) electrons. The van der Waals surface area contributed by atoms with Gasteiger partial charge in [0.1, 0.15) is 0 Å². The van der Waals surface area contributed by atoms with Crippen molar-refractivity contribution < 1.29 is 13.2 Å². The van der Waals surface area contributed by atoms with E-state index < -0.39 is 9.84 Å². The smallest absolute Gasteiger partial charge is 0.219 e. The SMILES string of the molecule is CC(=O)N1CCN(Cc2cnn(-c3cccc(C)c3)c2)[C@H]2CS(=O)(=O)C[C@H]21. The van der Waals surface area contributed by atoms with Crippen molar-refractivity contribution in [3.8, 4) is 5.69 Å². The van der Waals surface area contributed by atoms with Crippen LogP contribution in [0.25, 0.3) is 5.69 Å². The van der Waals surface area contributed by atoms with Crippen molar-refractivity contribution in [2.24, 2.45) is 0 Å². The van der Waals surface area contributed by atoms with Crippen LogP contribution in [0.1, 0.15) is 18.1 Å². The highest BCUT2D eigenvalue weighted by atomic mass is 32.2. The summed E-state index contributed by atoms with van der Waals surface area (Å²) in [4.78, 5) is 15.8. The molecule has 3 heterocycles. The molecule has 2 aliphatic rings. The second-order valence-corrected chi connectivity index (χ2v) is 9.68. The van der Waals surface area contributed by atoms with Crippen LogP contribution in [0, 0.1) is 6.92 Å². The Morgan fingerprint density at radius 2 is 2.00 bits per heavy atom. The van der Waals surface area contributed by atoms with Gasteiger partial charge in [-0.15, -0.1) is 0 Å². The Kier molecular flexibility index (Phi) is 4.55. The molecule has 1 amide bonds. The molecule has 2 atom stereocenters. The minimum absolute atomic E-state index is 0.0472. The number of benzene rings is 1. The van der Waals surface area contributed by atoms with Crippen LogP contribution in [0.15, 0.2) is 36.7 Å². The van der Waals surface area contributed by atoms with E-state index in [2.05, 4.69) is 16.1 Å². The van der Waals surface area contributed by atoms with Gasteiger partial charge in [0, 0.05) is 44.4 Å². The number of carbonyl (C=O) groups excluding carboxylic acids is 1. The molecule has 27 heavy (non-hydrogen) atoms. The van der Waals surface area contributed by atoms with Gasteiger partial charge in [0.05, 0.1) is 29.4 Å². The normalized spacial score (nSPS) is 24.7. The van der Waals surface area contributed by atoms with E-state index in [1.165, 1.54) is 12.5 Å². The maximum absolute atomic E-state index is 12.2. The zero-order valence-corrected chi connectivity index (χ0v) is 16.4. The van der Waals surface area contributed by atoms with Crippen LogP contribution in [-0.4, -0.2) is 70.6 Å². The first-order valence-electron chi connectivity index (χ1n) is 9.15. The summed E-state index contributed by atoms with van der Waals surface area (Å²) >= 11 is 0. The number of fused-ring (bicyclic) bond motifs is 1. The predicted octanol–water partition coefficient (Wildman–Crippen LogP) is 1.01. The number of amides is 1. The van der Waals surface area contributed by atoms with Crippen LogP contribution in [0.4, 0.5) is 0 Å². The lowest BCUT2D eigenvalue weighted by molar-refractivity contribution is -0.134. The summed E-state index contributed by atoms with van der Waals surface area (Å²) in [5.74, 6) is 0.137. The molecular weight excluding hydrogens is 364 g/mol. The number of nitrogens with zero attached hydrogens (tertiary/aromatic N) is 4. The summed E-state index contributed by atoms with van der Waals surface area (Å²) in [7, 11) is -3.12. The average Bonchev–Trinajstić information content (AvgIpc) is 3.18. The third kappa shape index (κ3) is 3.64. The molecule has 2 aliphatic heterocycles. The maximum atomic E-state index is 12.2. The predicted molar refractivity (Wildman–Crippen MR) is 102 cm³/mol. The van der Waals surface area contributed by atoms with E-state index in [0.29, 0.717) is 19.6 Å². The van der Waals surface area contributed by atoms with Crippen LogP contribution < -0.4 is 0 Å². The standard InChI is InChI=1S/C19H24N4O3S/c1-14-4-3-5-17(8-14)23-11-16(9-20-23)10-21-6-7-22(15(2)24)19-13-27(25,26)12-18(19)21/h3-5,8-9,11,18-19H,6-7,10,12-13H2,1-2H3/t18-,19+/m0/s1. The van der Waals surface area contributed by atoms with Crippen molar-refractivity contribution in [3.63, 3.8) is 0 Å². The fourth-order valence-corrected chi connectivity index (χ4v) is 6.21. The van der Waals surface area contributed by atoms with Gasteiger partial charge in [0.15, 0.2) is 9.84 Å². The van der Waals surface area contributed by atoms with Gasteiger partial charge in [-0.05, 0) is 24.6 Å². The summed E-state index contributed by atoms with van der Waals surface area (Å²) in [6, 6.07) is 7.74. The molecule has 0 aliphatic carbocycles. The Labute approximate surface area is 159 Å². The van der Waals surface area contributed by atoms with Crippen molar-refractivity contribution in [3.05, 3.63) is 47.8 Å². The quantitative estimate of drug-likeness (QED) is 0.785. The number of rotatable bonds is 3. The van der Waals surface area contributed by atoms with Crippen molar-refractivity contribution in [1.29, 1.82) is 0 Å². The lowest BCUT2D eigenvalue weighted by atomic mass is 10.0. The van der Waals surface area contributed by atoms with Crippen LogP contribution in [-0.2, 0) is 21.2 Å². The van der Waals surface area contributed by atoms with Crippen molar-refractivity contribution in [2.45, 2.75) is 32.5 Å². The molecule has 0 unspecified atom stereocenters. The molecule has 0 spiro atoms. The first-order chi connectivity index (χ1) is 12.8. The second kappa shape index (κ2) is 6.76. The summed E-state index contributed by atoms with van der Waals surface area (Å²) in [6.45, 7) is 5.44. The largest absolute Gasteiger partial charge is 0.336 e. The highest BCUT2D eigenvalue weighted by molar-refractivity contribution is 7.91. The van der Waals surface area contributed by atoms with Gasteiger partial charge in [-0.3, -0.25) is 9.69 Å². The molecule has 1 aromatic carbocycles. The molecule has 2 saturated heterocycles. The first kappa shape index (κ1) is 18.2. The van der Waals surface area contributed by atoms with Crippen LogP contribution in [0.2, 0.25) is 0 Å². The molecule has 144 valence electrons. The van der Waals surface area contributed by atoms with Gasteiger partial charge in [-0.1, -0.05) is 12.1 Å². The van der Waals surface area contributed by atoms with E-state index in [1.807, 2.05) is 42.2 Å². The van der Waals surface area contributed by atoms with E-state index in [-0.39, 0.29) is 29.5 Å². The van der Waals surface area contributed by atoms with Gasteiger partial charge in [-0.2, -0.15) is 5.10 Å². The van der Waals surface area contributed by atoms with Crippen LogP contribution in [0.5, 0.6) is 0 Å². The Morgan fingerprint density at radius 1 is 1.22 bits per heavy atom. The van der Waals surface area contributed by atoms with Gasteiger partial charge < -0.3 is 4.90 Å². The first-order valence-corrected chi connectivity index (χ1v) is 11.0. The Hall–Kier alpha value is -2.19. The molecule has 1 aromatic heterocycles. The molecule has 0 bridgehead atoms. The van der Waals surface area contributed by atoms with Gasteiger partial charge in [-0.25, -0.2) is 13.1 Å². The Morgan fingerprint density at radius 3 is 2.74 bits per heavy atom. The molecular formula is C19H24N4O3S. The summed E-state index contributed by atoms with van der Waals surface area (Å²) in [5.41, 5.74) is 3.21. The lowest BCUT2D eigenvalue weighted by Gasteiger charge is -2.43. The fourth-order valence-electron chi connectivity index (χ4n) is 4.20. The molecule has 2 aromatic rings. The Bertz CT molecular complexity index is 969. The fraction of sp³-hybridized carbons (Fsp3) is 0.474. The summed E-state index contributed by atoms with van der Waals surface area (Å²) in [6.07, 6.45) is 3.82. The second-order valence-electron chi connectivity index (χ2n) is 7.53. The third-order valence-corrected chi connectivity index (χ3v) is 7.18. The number of aryl methyl sites for hydroxylation is 1. The maximum Gasteiger partial charge on any atom is 0.219 e. The van der Waals surface area contributed by atoms with Crippen molar-refractivity contribution in [2.75, 3.05) is 24.6 Å². The number of hydrogen-bond acceptors (Lipinski definition) is 5. The number of hydrogen-bond donors (Lipinski definition) is 0. The highest BCUT2D eigenvalue weighted by Gasteiger charge is 2.47. The minimum atomic E-state index is -3.12. The van der Waals surface area contributed by atoms with Crippen LogP contribution >= 0.6 is 0 Å². The molecule has 0 N–H and O–H groups in total. The Balaban J connectivity index is 1.54.